The molecule has 1 unspecified atom stereocenters. The van der Waals surface area contributed by atoms with Gasteiger partial charge in [0.1, 0.15) is 10.3 Å². The first-order valence-corrected chi connectivity index (χ1v) is 10.3. The van der Waals surface area contributed by atoms with Crippen molar-refractivity contribution >= 4 is 50.9 Å². The predicted octanol–water partition coefficient (Wildman–Crippen LogP) is 4.50. The molecule has 0 radical (unpaired) electrons. The number of amides is 1. The number of carbonyl (C=O) groups excluding carboxylic acids is 2. The highest BCUT2D eigenvalue weighted by atomic mass is 32.2. The van der Waals surface area contributed by atoms with E-state index in [9.17, 15) is 9.59 Å². The lowest BCUT2D eigenvalue weighted by Crippen LogP contribution is -2.20. The number of rotatable bonds is 6. The third-order valence-electron chi connectivity index (χ3n) is 3.96. The van der Waals surface area contributed by atoms with E-state index in [1.165, 1.54) is 29.1 Å². The van der Waals surface area contributed by atoms with Crippen LogP contribution in [0.25, 0.3) is 20.8 Å². The van der Waals surface area contributed by atoms with Crippen molar-refractivity contribution in [2.75, 3.05) is 18.2 Å². The number of thiazole rings is 1. The number of anilines is 1. The minimum absolute atomic E-state index is 0.154. The molecule has 27 heavy (non-hydrogen) atoms. The summed E-state index contributed by atoms with van der Waals surface area (Å²) in [7, 11) is 1.34. The number of ether oxygens (including phenoxy) is 1. The number of fused-ring (bicyclic) bond motifs is 1. The van der Waals surface area contributed by atoms with E-state index < -0.39 is 0 Å². The fourth-order valence-electron chi connectivity index (χ4n) is 2.48. The maximum atomic E-state index is 12.0. The molecule has 3 aromatic rings. The average Bonchev–Trinajstić information content (AvgIpc) is 3.09. The van der Waals surface area contributed by atoms with Crippen LogP contribution in [0, 0.1) is 6.92 Å². The van der Waals surface area contributed by atoms with Crippen molar-refractivity contribution in [3.8, 4) is 10.6 Å². The molecule has 0 fully saturated rings. The Hall–Kier alpha value is -2.38. The monoisotopic (exact) mass is 400 g/mol. The second-order valence-electron chi connectivity index (χ2n) is 6.09. The summed E-state index contributed by atoms with van der Waals surface area (Å²) in [6, 6.07) is 13.8. The molecular weight excluding hydrogens is 380 g/mol. The van der Waals surface area contributed by atoms with Crippen LogP contribution < -0.4 is 5.32 Å². The highest BCUT2D eigenvalue weighted by Gasteiger charge is 2.15. The quantitative estimate of drug-likeness (QED) is 0.617. The molecule has 0 saturated heterocycles. The number of benzene rings is 2. The van der Waals surface area contributed by atoms with E-state index in [-0.39, 0.29) is 22.9 Å². The zero-order valence-electron chi connectivity index (χ0n) is 15.3. The Bertz CT molecular complexity index is 967. The summed E-state index contributed by atoms with van der Waals surface area (Å²) in [5.74, 6) is -0.294. The Morgan fingerprint density at radius 1 is 1.22 bits per heavy atom. The van der Waals surface area contributed by atoms with E-state index in [4.69, 9.17) is 0 Å². The topological polar surface area (TPSA) is 68.3 Å². The highest BCUT2D eigenvalue weighted by molar-refractivity contribution is 8.01. The van der Waals surface area contributed by atoms with Gasteiger partial charge in [0.25, 0.3) is 0 Å². The maximum absolute atomic E-state index is 12.0. The van der Waals surface area contributed by atoms with Crippen LogP contribution in [-0.4, -0.2) is 35.0 Å². The van der Waals surface area contributed by atoms with E-state index in [0.717, 1.165) is 16.1 Å². The van der Waals surface area contributed by atoms with E-state index in [1.807, 2.05) is 30.3 Å². The van der Waals surface area contributed by atoms with Gasteiger partial charge in [-0.3, -0.25) is 9.59 Å². The van der Waals surface area contributed by atoms with Crippen LogP contribution in [-0.2, 0) is 14.3 Å². The Morgan fingerprint density at radius 3 is 2.67 bits per heavy atom. The molecule has 2 aromatic carbocycles. The normalized spacial score (nSPS) is 12.0. The van der Waals surface area contributed by atoms with Gasteiger partial charge in [-0.05, 0) is 55.8 Å². The van der Waals surface area contributed by atoms with Gasteiger partial charge in [0.05, 0.1) is 23.1 Å². The van der Waals surface area contributed by atoms with Crippen molar-refractivity contribution in [3.63, 3.8) is 0 Å². The molecule has 5 nitrogen and oxygen atoms in total. The van der Waals surface area contributed by atoms with Gasteiger partial charge in [0.2, 0.25) is 5.91 Å². The van der Waals surface area contributed by atoms with E-state index in [0.29, 0.717) is 5.69 Å². The Labute approximate surface area is 166 Å². The van der Waals surface area contributed by atoms with E-state index in [1.54, 1.807) is 18.3 Å². The third-order valence-corrected chi connectivity index (χ3v) is 6.15. The zero-order valence-corrected chi connectivity index (χ0v) is 16.9. The molecule has 1 heterocycles. The van der Waals surface area contributed by atoms with E-state index >= 15 is 0 Å². The number of nitrogens with one attached hydrogen (secondary N) is 1. The van der Waals surface area contributed by atoms with Crippen LogP contribution in [0.5, 0.6) is 0 Å². The van der Waals surface area contributed by atoms with Crippen LogP contribution in [0.15, 0.2) is 42.5 Å². The van der Waals surface area contributed by atoms with Crippen LogP contribution in [0.4, 0.5) is 5.69 Å². The summed E-state index contributed by atoms with van der Waals surface area (Å²) < 4.78 is 5.82. The SMILES string of the molecule is COC(=O)C(C)SCC(=O)Nc1ccc(-c2nc3ccc(C)cc3s2)cc1. The molecule has 1 aromatic heterocycles. The third kappa shape index (κ3) is 4.87. The first-order valence-electron chi connectivity index (χ1n) is 8.43. The first kappa shape index (κ1) is 19.4. The smallest absolute Gasteiger partial charge is 0.318 e. The summed E-state index contributed by atoms with van der Waals surface area (Å²) in [5, 5.41) is 3.42. The number of methoxy groups -OCH3 is 1. The van der Waals surface area contributed by atoms with Gasteiger partial charge >= 0.3 is 5.97 Å². The molecule has 140 valence electrons. The summed E-state index contributed by atoms with van der Waals surface area (Å²) in [4.78, 5) is 28.1. The minimum atomic E-state index is -0.370. The summed E-state index contributed by atoms with van der Waals surface area (Å²) in [5.41, 5.74) is 3.94. The fourth-order valence-corrected chi connectivity index (χ4v) is 4.26. The maximum Gasteiger partial charge on any atom is 0.318 e. The molecular formula is C20H20N2O3S2. The molecule has 0 saturated carbocycles. The molecule has 1 N–H and O–H groups in total. The van der Waals surface area contributed by atoms with Gasteiger partial charge in [-0.25, -0.2) is 4.98 Å². The van der Waals surface area contributed by atoms with Crippen LogP contribution in [0.2, 0.25) is 0 Å². The van der Waals surface area contributed by atoms with Gasteiger partial charge in [-0.15, -0.1) is 23.1 Å². The molecule has 0 aliphatic carbocycles. The molecule has 0 spiro atoms. The molecule has 0 bridgehead atoms. The van der Waals surface area contributed by atoms with E-state index in [2.05, 4.69) is 34.1 Å². The number of aryl methyl sites for hydroxylation is 1. The second kappa shape index (κ2) is 8.54. The molecule has 0 aliphatic rings. The first-order chi connectivity index (χ1) is 13.0. The predicted molar refractivity (Wildman–Crippen MR) is 112 cm³/mol. The Kier molecular flexibility index (Phi) is 6.13. The molecule has 7 heteroatoms. The summed E-state index contributed by atoms with van der Waals surface area (Å²) >= 11 is 2.90. The summed E-state index contributed by atoms with van der Waals surface area (Å²) in [6.45, 7) is 3.79. The Morgan fingerprint density at radius 2 is 1.96 bits per heavy atom. The van der Waals surface area contributed by atoms with Gasteiger partial charge in [-0.1, -0.05) is 6.07 Å². The van der Waals surface area contributed by atoms with Crippen molar-refractivity contribution in [2.24, 2.45) is 0 Å². The number of carbonyl (C=O) groups is 2. The van der Waals surface area contributed by atoms with Gasteiger partial charge in [-0.2, -0.15) is 0 Å². The highest BCUT2D eigenvalue weighted by Crippen LogP contribution is 2.31. The van der Waals surface area contributed by atoms with Crippen molar-refractivity contribution in [3.05, 3.63) is 48.0 Å². The van der Waals surface area contributed by atoms with Crippen LogP contribution in [0.1, 0.15) is 12.5 Å². The van der Waals surface area contributed by atoms with Crippen molar-refractivity contribution in [1.82, 2.24) is 4.98 Å². The molecule has 1 atom stereocenters. The number of aromatic nitrogens is 1. The molecule has 0 aliphatic heterocycles. The lowest BCUT2D eigenvalue weighted by Gasteiger charge is -2.09. The molecule has 3 rings (SSSR count). The Balaban J connectivity index is 1.62. The molecule has 1 amide bonds. The van der Waals surface area contributed by atoms with Crippen LogP contribution in [0.3, 0.4) is 0 Å². The lowest BCUT2D eigenvalue weighted by molar-refractivity contribution is -0.139. The fraction of sp³-hybridized carbons (Fsp3) is 0.250. The number of nitrogens with zero attached hydrogens (tertiary/aromatic N) is 1. The van der Waals surface area contributed by atoms with Crippen molar-refractivity contribution < 1.29 is 14.3 Å². The summed E-state index contributed by atoms with van der Waals surface area (Å²) in [6.07, 6.45) is 0. The second-order valence-corrected chi connectivity index (χ2v) is 8.45. The van der Waals surface area contributed by atoms with Gasteiger partial charge in [0.15, 0.2) is 0 Å². The average molecular weight is 401 g/mol. The van der Waals surface area contributed by atoms with Gasteiger partial charge < -0.3 is 10.1 Å². The van der Waals surface area contributed by atoms with Gasteiger partial charge in [0, 0.05) is 11.3 Å². The largest absolute Gasteiger partial charge is 0.468 e. The number of thioether (sulfide) groups is 1. The minimum Gasteiger partial charge on any atom is -0.468 e. The standard InChI is InChI=1S/C20H20N2O3S2/c1-12-4-9-16-17(10-12)27-19(22-16)14-5-7-15(8-6-14)21-18(23)11-26-13(2)20(24)25-3/h4-10,13H,11H2,1-3H3,(H,21,23). The van der Waals surface area contributed by atoms with Crippen molar-refractivity contribution in [2.45, 2.75) is 19.1 Å². The number of hydrogen-bond acceptors (Lipinski definition) is 6. The zero-order chi connectivity index (χ0) is 19.4. The van der Waals surface area contributed by atoms with Crippen LogP contribution >= 0.6 is 23.1 Å². The number of hydrogen-bond donors (Lipinski definition) is 1. The van der Waals surface area contributed by atoms with Crippen molar-refractivity contribution in [1.29, 1.82) is 0 Å². The number of esters is 1. The lowest BCUT2D eigenvalue weighted by atomic mass is 10.2.